The molecule has 2 unspecified atom stereocenters. The molecule has 2 N–H and O–H groups in total. The summed E-state index contributed by atoms with van der Waals surface area (Å²) in [5.74, 6) is 0.889. The Morgan fingerprint density at radius 3 is 2.89 bits per heavy atom. The number of aliphatic imine (C=N–C) groups is 1. The molecule has 6 heteroatoms. The van der Waals surface area contributed by atoms with Crippen LogP contribution in [-0.4, -0.2) is 55.6 Å². The van der Waals surface area contributed by atoms with Crippen LogP contribution in [0.2, 0.25) is 0 Å². The van der Waals surface area contributed by atoms with Crippen molar-refractivity contribution in [2.75, 3.05) is 33.8 Å². The summed E-state index contributed by atoms with van der Waals surface area (Å²) in [7, 11) is 3.24. The number of rotatable bonds is 5. The van der Waals surface area contributed by atoms with Gasteiger partial charge < -0.3 is 19.9 Å². The van der Waals surface area contributed by atoms with Crippen LogP contribution in [0.5, 0.6) is 0 Å². The highest BCUT2D eigenvalue weighted by Crippen LogP contribution is 2.24. The van der Waals surface area contributed by atoms with E-state index in [9.17, 15) is 4.79 Å². The number of esters is 1. The van der Waals surface area contributed by atoms with Crippen LogP contribution in [0.3, 0.4) is 0 Å². The Balaban J connectivity index is 1.61. The van der Waals surface area contributed by atoms with Crippen molar-refractivity contribution in [2.24, 2.45) is 16.8 Å². The van der Waals surface area contributed by atoms with Crippen molar-refractivity contribution >= 4 is 22.8 Å². The van der Waals surface area contributed by atoms with Crippen molar-refractivity contribution in [3.63, 3.8) is 0 Å². The second-order valence-corrected chi connectivity index (χ2v) is 7.24. The summed E-state index contributed by atoms with van der Waals surface area (Å²) in [5, 5.41) is 4.75. The second-order valence-electron chi connectivity index (χ2n) is 7.24. The van der Waals surface area contributed by atoms with Gasteiger partial charge in [0.05, 0.1) is 13.0 Å². The van der Waals surface area contributed by atoms with Crippen molar-refractivity contribution in [1.29, 1.82) is 0 Å². The van der Waals surface area contributed by atoms with E-state index in [1.54, 1.807) is 7.05 Å². The van der Waals surface area contributed by atoms with E-state index in [1.807, 2.05) is 0 Å². The molecule has 1 aromatic carbocycles. The van der Waals surface area contributed by atoms with Gasteiger partial charge in [-0.05, 0) is 29.9 Å². The van der Waals surface area contributed by atoms with Crippen molar-refractivity contribution in [1.82, 2.24) is 15.2 Å². The average molecular weight is 370 g/mol. The summed E-state index contributed by atoms with van der Waals surface area (Å²) in [6.07, 6.45) is 4.05. The summed E-state index contributed by atoms with van der Waals surface area (Å²) in [4.78, 5) is 21.9. The van der Waals surface area contributed by atoms with Crippen LogP contribution in [-0.2, 0) is 22.4 Å². The summed E-state index contributed by atoms with van der Waals surface area (Å²) in [6, 6.07) is 6.48. The van der Waals surface area contributed by atoms with E-state index in [0.717, 1.165) is 31.9 Å². The van der Waals surface area contributed by atoms with Gasteiger partial charge in [0.1, 0.15) is 0 Å². The number of guanidine groups is 1. The van der Waals surface area contributed by atoms with E-state index < -0.39 is 0 Å². The maximum Gasteiger partial charge on any atom is 0.310 e. The van der Waals surface area contributed by atoms with Gasteiger partial charge in [-0.1, -0.05) is 32.0 Å². The number of para-hydroxylation sites is 1. The van der Waals surface area contributed by atoms with Gasteiger partial charge in [-0.2, -0.15) is 0 Å². The van der Waals surface area contributed by atoms with Gasteiger partial charge in [0.2, 0.25) is 0 Å². The van der Waals surface area contributed by atoms with Crippen molar-refractivity contribution in [2.45, 2.75) is 26.7 Å². The summed E-state index contributed by atoms with van der Waals surface area (Å²) < 4.78 is 4.93. The van der Waals surface area contributed by atoms with Gasteiger partial charge in [0.15, 0.2) is 5.96 Å². The van der Waals surface area contributed by atoms with Crippen molar-refractivity contribution in [3.8, 4) is 0 Å². The third-order valence-electron chi connectivity index (χ3n) is 5.57. The molecule has 2 heterocycles. The first kappa shape index (κ1) is 19.3. The zero-order valence-corrected chi connectivity index (χ0v) is 16.7. The number of carbonyl (C=O) groups is 1. The topological polar surface area (TPSA) is 69.7 Å². The molecule has 1 aliphatic heterocycles. The monoisotopic (exact) mass is 370 g/mol. The molecule has 0 radical (unpaired) electrons. The van der Waals surface area contributed by atoms with Gasteiger partial charge in [-0.15, -0.1) is 0 Å². The molecule has 6 nitrogen and oxygen atoms in total. The van der Waals surface area contributed by atoms with Crippen LogP contribution in [0.15, 0.2) is 29.4 Å². The highest BCUT2D eigenvalue weighted by Gasteiger charge is 2.36. The molecule has 146 valence electrons. The molecule has 2 aromatic rings. The summed E-state index contributed by atoms with van der Waals surface area (Å²) >= 11 is 0. The highest BCUT2D eigenvalue weighted by atomic mass is 16.5. The van der Waals surface area contributed by atoms with Gasteiger partial charge in [-0.25, -0.2) is 0 Å². The van der Waals surface area contributed by atoms with Crippen LogP contribution in [0.1, 0.15) is 25.0 Å². The smallest absolute Gasteiger partial charge is 0.310 e. The quantitative estimate of drug-likeness (QED) is 0.482. The van der Waals surface area contributed by atoms with Crippen molar-refractivity contribution in [3.05, 3.63) is 35.5 Å². The fourth-order valence-electron chi connectivity index (χ4n) is 4.02. The largest absolute Gasteiger partial charge is 0.469 e. The number of aromatic amines is 1. The fraction of sp³-hybridized carbons (Fsp3) is 0.524. The number of hydrogen-bond acceptors (Lipinski definition) is 3. The zero-order valence-electron chi connectivity index (χ0n) is 16.7. The van der Waals surface area contributed by atoms with Crippen LogP contribution in [0.25, 0.3) is 10.9 Å². The number of nitrogens with one attached hydrogen (secondary N) is 2. The van der Waals surface area contributed by atoms with E-state index in [1.165, 1.54) is 29.1 Å². The minimum atomic E-state index is -0.133. The number of nitrogens with zero attached hydrogens (tertiary/aromatic N) is 2. The van der Waals surface area contributed by atoms with Crippen LogP contribution < -0.4 is 5.32 Å². The lowest BCUT2D eigenvalue weighted by molar-refractivity contribution is -0.145. The number of benzene rings is 1. The third kappa shape index (κ3) is 3.94. The molecule has 27 heavy (non-hydrogen) atoms. The number of H-pyrrole nitrogens is 1. The van der Waals surface area contributed by atoms with Crippen molar-refractivity contribution < 1.29 is 9.53 Å². The predicted molar refractivity (Wildman–Crippen MR) is 109 cm³/mol. The molecule has 3 rings (SSSR count). The number of ether oxygens (including phenoxy) is 1. The van der Waals surface area contributed by atoms with Crippen LogP contribution in [0.4, 0.5) is 0 Å². The first-order valence-corrected chi connectivity index (χ1v) is 9.70. The molecule has 1 saturated heterocycles. The van der Waals surface area contributed by atoms with E-state index in [-0.39, 0.29) is 17.8 Å². The molecule has 1 aromatic heterocycles. The first-order chi connectivity index (χ1) is 13.1. The SMILES string of the molecule is CCc1cccc2c(CCNC(=NC)N3CC(C)C(C(=O)OC)C3)c[nH]c12. The molecular weight excluding hydrogens is 340 g/mol. The molecule has 0 aliphatic carbocycles. The Morgan fingerprint density at radius 1 is 1.37 bits per heavy atom. The van der Waals surface area contributed by atoms with Crippen LogP contribution >= 0.6 is 0 Å². The molecule has 1 fully saturated rings. The Morgan fingerprint density at radius 2 is 2.19 bits per heavy atom. The van der Waals surface area contributed by atoms with E-state index in [2.05, 4.69) is 58.4 Å². The van der Waals surface area contributed by atoms with Gasteiger partial charge >= 0.3 is 5.97 Å². The molecule has 2 atom stereocenters. The minimum absolute atomic E-state index is 0.0883. The Labute approximate surface area is 161 Å². The number of likely N-dealkylation sites (tertiary alicyclic amines) is 1. The van der Waals surface area contributed by atoms with Crippen LogP contribution in [0, 0.1) is 11.8 Å². The maximum atomic E-state index is 11.9. The van der Waals surface area contributed by atoms with E-state index in [0.29, 0.717) is 6.54 Å². The highest BCUT2D eigenvalue weighted by molar-refractivity contribution is 5.86. The number of carbonyl (C=O) groups excluding carboxylic acids is 1. The predicted octanol–water partition coefficient (Wildman–Crippen LogP) is 2.59. The summed E-state index contributed by atoms with van der Waals surface area (Å²) in [6.45, 7) is 6.53. The molecule has 1 aliphatic rings. The van der Waals surface area contributed by atoms with Gasteiger partial charge in [0.25, 0.3) is 0 Å². The number of hydrogen-bond donors (Lipinski definition) is 2. The maximum absolute atomic E-state index is 11.9. The van der Waals surface area contributed by atoms with Gasteiger partial charge in [-0.3, -0.25) is 9.79 Å². The standard InChI is InChI=1S/C21H30N4O2/c1-5-15-7-6-8-17-16(11-24-19(15)17)9-10-23-21(22-3)25-12-14(2)18(13-25)20(26)27-4/h6-8,11,14,18,24H,5,9-10,12-13H2,1-4H3,(H,22,23). The number of aromatic nitrogens is 1. The molecule has 0 bridgehead atoms. The fourth-order valence-corrected chi connectivity index (χ4v) is 4.02. The number of aryl methyl sites for hydroxylation is 1. The number of fused-ring (bicyclic) bond motifs is 1. The lowest BCUT2D eigenvalue weighted by Crippen LogP contribution is -2.41. The molecular formula is C21H30N4O2. The second kappa shape index (κ2) is 8.46. The zero-order chi connectivity index (χ0) is 19.4. The van der Waals surface area contributed by atoms with E-state index >= 15 is 0 Å². The molecule has 0 spiro atoms. The number of methoxy groups -OCH3 is 1. The molecule has 0 saturated carbocycles. The lowest BCUT2D eigenvalue weighted by atomic mass is 9.99. The average Bonchev–Trinajstić information content (AvgIpc) is 3.28. The van der Waals surface area contributed by atoms with E-state index in [4.69, 9.17) is 4.74 Å². The minimum Gasteiger partial charge on any atom is -0.469 e. The third-order valence-corrected chi connectivity index (χ3v) is 5.57. The Bertz CT molecular complexity index is 827. The molecule has 0 amide bonds. The Kier molecular flexibility index (Phi) is 6.04. The normalized spacial score (nSPS) is 20.3. The summed E-state index contributed by atoms with van der Waals surface area (Å²) in [5.41, 5.74) is 3.90. The lowest BCUT2D eigenvalue weighted by Gasteiger charge is -2.21. The van der Waals surface area contributed by atoms with Gasteiger partial charge in [0, 0.05) is 43.8 Å². The Hall–Kier alpha value is -2.50. The first-order valence-electron chi connectivity index (χ1n) is 9.70.